The molecule has 3 aromatic rings. The first kappa shape index (κ1) is 11.2. The molecule has 0 radical (unpaired) electrons. The van der Waals surface area contributed by atoms with Crippen molar-refractivity contribution in [1.82, 2.24) is 0 Å². The van der Waals surface area contributed by atoms with Gasteiger partial charge in [-0.15, -0.1) is 0 Å². The minimum absolute atomic E-state index is 0.941. The van der Waals surface area contributed by atoms with Crippen LogP contribution in [0.4, 0.5) is 0 Å². The van der Waals surface area contributed by atoms with Crippen molar-refractivity contribution >= 4 is 27.5 Å². The predicted octanol–water partition coefficient (Wildman–Crippen LogP) is 5.21. The molecule has 0 fully saturated rings. The Kier molecular flexibility index (Phi) is 2.35. The Morgan fingerprint density at radius 2 is 1.90 bits per heavy atom. The van der Waals surface area contributed by atoms with E-state index in [9.17, 15) is 0 Å². The van der Waals surface area contributed by atoms with Crippen molar-refractivity contribution in [2.75, 3.05) is 0 Å². The van der Waals surface area contributed by atoms with Crippen molar-refractivity contribution in [3.05, 3.63) is 77.9 Å². The molecule has 20 heavy (non-hydrogen) atoms. The predicted molar refractivity (Wildman–Crippen MR) is 83.4 cm³/mol. The maximum Gasteiger partial charge on any atom is 0.136 e. The normalized spacial score (nSPS) is 13.8. The summed E-state index contributed by atoms with van der Waals surface area (Å²) in [4.78, 5) is 0. The highest BCUT2D eigenvalue weighted by atomic mass is 16.3. The molecule has 1 aliphatic carbocycles. The SMILES string of the molecule is Cc1ccc2oc3cc(C4=CC=[C+]C=C4)ccc3c2c1. The van der Waals surface area contributed by atoms with E-state index in [2.05, 4.69) is 55.5 Å². The molecule has 0 bridgehead atoms. The summed E-state index contributed by atoms with van der Waals surface area (Å²) < 4.78 is 5.96. The lowest BCUT2D eigenvalue weighted by Gasteiger charge is -1.98. The number of fused-ring (bicyclic) bond motifs is 3. The Labute approximate surface area is 117 Å². The zero-order valence-corrected chi connectivity index (χ0v) is 11.2. The Morgan fingerprint density at radius 3 is 2.75 bits per heavy atom. The van der Waals surface area contributed by atoms with Crippen LogP contribution in [0, 0.1) is 13.0 Å². The molecule has 0 spiro atoms. The molecule has 1 heterocycles. The van der Waals surface area contributed by atoms with Gasteiger partial charge >= 0.3 is 0 Å². The Balaban J connectivity index is 1.96. The molecule has 0 aliphatic heterocycles. The largest absolute Gasteiger partial charge is 0.456 e. The van der Waals surface area contributed by atoms with Crippen LogP contribution in [0.5, 0.6) is 0 Å². The first-order valence-corrected chi connectivity index (χ1v) is 6.71. The molecule has 1 aromatic heterocycles. The van der Waals surface area contributed by atoms with Gasteiger partial charge in [0.05, 0.1) is 17.7 Å². The number of aryl methyl sites for hydroxylation is 1. The third kappa shape index (κ3) is 1.69. The lowest BCUT2D eigenvalue weighted by molar-refractivity contribution is 0.668. The molecular weight excluding hydrogens is 244 g/mol. The van der Waals surface area contributed by atoms with Crippen molar-refractivity contribution in [2.24, 2.45) is 0 Å². The van der Waals surface area contributed by atoms with Crippen molar-refractivity contribution in [1.29, 1.82) is 0 Å². The Bertz CT molecular complexity index is 904. The fraction of sp³-hybridized carbons (Fsp3) is 0.0526. The molecule has 0 unspecified atom stereocenters. The molecule has 1 nitrogen and oxygen atoms in total. The van der Waals surface area contributed by atoms with E-state index >= 15 is 0 Å². The highest BCUT2D eigenvalue weighted by Crippen LogP contribution is 2.32. The van der Waals surface area contributed by atoms with Crippen LogP contribution in [0.2, 0.25) is 0 Å². The molecule has 0 atom stereocenters. The van der Waals surface area contributed by atoms with Crippen LogP contribution >= 0.6 is 0 Å². The first-order valence-electron chi connectivity index (χ1n) is 6.71. The molecule has 1 aliphatic rings. The molecule has 1 heteroatoms. The smallest absolute Gasteiger partial charge is 0.136 e. The highest BCUT2D eigenvalue weighted by molar-refractivity contribution is 6.06. The third-order valence-corrected chi connectivity index (χ3v) is 3.68. The summed E-state index contributed by atoms with van der Waals surface area (Å²) in [6.07, 6.45) is 11.0. The summed E-state index contributed by atoms with van der Waals surface area (Å²) in [5, 5.41) is 2.36. The number of rotatable bonds is 1. The second-order valence-electron chi connectivity index (χ2n) is 5.10. The highest BCUT2D eigenvalue weighted by Gasteiger charge is 2.11. The summed E-state index contributed by atoms with van der Waals surface area (Å²) in [7, 11) is 0. The monoisotopic (exact) mass is 257 g/mol. The number of furan rings is 1. The second kappa shape index (κ2) is 4.19. The maximum atomic E-state index is 5.96. The van der Waals surface area contributed by atoms with Crippen molar-refractivity contribution in [3.8, 4) is 0 Å². The van der Waals surface area contributed by atoms with E-state index in [4.69, 9.17) is 4.42 Å². The van der Waals surface area contributed by atoms with Gasteiger partial charge in [-0.25, -0.2) is 0 Å². The van der Waals surface area contributed by atoms with Crippen LogP contribution < -0.4 is 0 Å². The van der Waals surface area contributed by atoms with Gasteiger partial charge in [-0.1, -0.05) is 17.7 Å². The van der Waals surface area contributed by atoms with Gasteiger partial charge in [0.2, 0.25) is 0 Å². The average Bonchev–Trinajstić information content (AvgIpc) is 2.85. The fourth-order valence-corrected chi connectivity index (χ4v) is 2.65. The summed E-state index contributed by atoms with van der Waals surface area (Å²) in [6, 6.07) is 12.7. The number of allylic oxidation sites excluding steroid dienone is 6. The molecule has 4 rings (SSSR count). The van der Waals surface area contributed by atoms with Crippen LogP contribution in [0.1, 0.15) is 11.1 Å². The summed E-state index contributed by atoms with van der Waals surface area (Å²) in [5.41, 5.74) is 5.49. The van der Waals surface area contributed by atoms with E-state index in [1.165, 1.54) is 27.5 Å². The molecular formula is C19H13O+. The molecule has 0 amide bonds. The maximum absolute atomic E-state index is 5.96. The topological polar surface area (TPSA) is 13.1 Å². The summed E-state index contributed by atoms with van der Waals surface area (Å²) >= 11 is 0. The minimum atomic E-state index is 0.941. The van der Waals surface area contributed by atoms with E-state index in [0.29, 0.717) is 0 Å². The van der Waals surface area contributed by atoms with Crippen LogP contribution in [0.15, 0.2) is 65.1 Å². The number of hydrogen-bond donors (Lipinski definition) is 0. The van der Waals surface area contributed by atoms with Gasteiger partial charge in [0, 0.05) is 22.4 Å². The van der Waals surface area contributed by atoms with E-state index < -0.39 is 0 Å². The van der Waals surface area contributed by atoms with E-state index in [1.807, 2.05) is 18.2 Å². The molecule has 2 aromatic carbocycles. The molecule has 0 N–H and O–H groups in total. The lowest BCUT2D eigenvalue weighted by Crippen LogP contribution is -1.82. The fourth-order valence-electron chi connectivity index (χ4n) is 2.65. The first-order chi connectivity index (χ1) is 9.81. The van der Waals surface area contributed by atoms with E-state index in [-0.39, 0.29) is 0 Å². The average molecular weight is 257 g/mol. The van der Waals surface area contributed by atoms with Gasteiger partial charge in [0.1, 0.15) is 23.3 Å². The minimum Gasteiger partial charge on any atom is -0.456 e. The molecule has 0 saturated heterocycles. The third-order valence-electron chi connectivity index (χ3n) is 3.68. The van der Waals surface area contributed by atoms with Gasteiger partial charge in [-0.3, -0.25) is 0 Å². The standard InChI is InChI=1S/C19H13O/c1-13-7-10-18-17(11-13)16-9-8-15(12-19(16)20-18)14-5-3-2-4-6-14/h3-12H,1H3/q+1. The van der Waals surface area contributed by atoms with Crippen LogP contribution in [0.3, 0.4) is 0 Å². The van der Waals surface area contributed by atoms with Gasteiger partial charge < -0.3 is 4.42 Å². The van der Waals surface area contributed by atoms with Gasteiger partial charge in [-0.05, 0) is 31.2 Å². The van der Waals surface area contributed by atoms with Crippen molar-refractivity contribution in [3.63, 3.8) is 0 Å². The van der Waals surface area contributed by atoms with Crippen LogP contribution in [0.25, 0.3) is 27.5 Å². The van der Waals surface area contributed by atoms with E-state index in [0.717, 1.165) is 11.2 Å². The Morgan fingerprint density at radius 1 is 0.950 bits per heavy atom. The number of benzene rings is 2. The zero-order chi connectivity index (χ0) is 13.5. The van der Waals surface area contributed by atoms with Gasteiger partial charge in [-0.2, -0.15) is 0 Å². The zero-order valence-electron chi connectivity index (χ0n) is 11.2. The second-order valence-corrected chi connectivity index (χ2v) is 5.10. The van der Waals surface area contributed by atoms with Crippen molar-refractivity contribution in [2.45, 2.75) is 6.92 Å². The van der Waals surface area contributed by atoms with Crippen LogP contribution in [-0.4, -0.2) is 0 Å². The number of hydrogen-bond acceptors (Lipinski definition) is 1. The van der Waals surface area contributed by atoms with Crippen molar-refractivity contribution < 1.29 is 4.42 Å². The quantitative estimate of drug-likeness (QED) is 0.545. The molecule has 94 valence electrons. The molecule has 0 saturated carbocycles. The summed E-state index contributed by atoms with van der Waals surface area (Å²) in [6.45, 7) is 2.10. The van der Waals surface area contributed by atoms with E-state index in [1.54, 1.807) is 0 Å². The Hall–Kier alpha value is -2.63. The van der Waals surface area contributed by atoms with Crippen LogP contribution in [-0.2, 0) is 0 Å². The van der Waals surface area contributed by atoms with Gasteiger partial charge in [0.25, 0.3) is 0 Å². The lowest BCUT2D eigenvalue weighted by atomic mass is 10.0. The summed E-state index contributed by atoms with van der Waals surface area (Å²) in [5.74, 6) is 0. The van der Waals surface area contributed by atoms with Gasteiger partial charge in [0.15, 0.2) is 0 Å².